The molecule has 1 aromatic heterocycles. The summed E-state index contributed by atoms with van der Waals surface area (Å²) in [6, 6.07) is 7.90. The third-order valence-corrected chi connectivity index (χ3v) is 6.43. The maximum atomic E-state index is 13.2. The largest absolute Gasteiger partial charge is 0.497 e. The summed E-state index contributed by atoms with van der Waals surface area (Å²) in [5, 5.41) is 0. The van der Waals surface area contributed by atoms with E-state index in [1.165, 1.54) is 0 Å². The van der Waals surface area contributed by atoms with E-state index in [4.69, 9.17) is 10.5 Å². The maximum absolute atomic E-state index is 13.2. The number of hydrogen-bond acceptors (Lipinski definition) is 6. The summed E-state index contributed by atoms with van der Waals surface area (Å²) < 4.78 is 5.28. The van der Waals surface area contributed by atoms with E-state index >= 15 is 0 Å². The van der Waals surface area contributed by atoms with Gasteiger partial charge in [-0.25, -0.2) is 9.97 Å². The molecule has 30 heavy (non-hydrogen) atoms. The number of nitrogen functional groups attached to an aromatic ring is 1. The number of carbonyl (C=O) groups excluding carboxylic acids is 1. The van der Waals surface area contributed by atoms with Crippen LogP contribution in [0.4, 0.5) is 5.95 Å². The van der Waals surface area contributed by atoms with E-state index in [2.05, 4.69) is 26.8 Å². The van der Waals surface area contributed by atoms with Crippen molar-refractivity contribution in [3.05, 3.63) is 36.2 Å². The van der Waals surface area contributed by atoms with Gasteiger partial charge in [0.15, 0.2) is 0 Å². The number of nitrogens with zero attached hydrogens (tertiary/aromatic N) is 4. The number of ether oxygens (including phenoxy) is 1. The number of rotatable bonds is 4. The standard InChI is InChI=1S/C23H31N5O2/c1-27-12-9-17(10-13-27)22(29)28-11-3-4-18(15-28)21-20(14-25-23(24)26-21)16-5-7-19(30-2)8-6-16/h5-8,14,17-18H,3-4,9-13,15H2,1-2H3,(H2,24,25,26). The summed E-state index contributed by atoms with van der Waals surface area (Å²) in [5.41, 5.74) is 8.90. The third-order valence-electron chi connectivity index (χ3n) is 6.43. The first kappa shape index (κ1) is 20.6. The van der Waals surface area contributed by atoms with Crippen molar-refractivity contribution < 1.29 is 9.53 Å². The monoisotopic (exact) mass is 409 g/mol. The van der Waals surface area contributed by atoms with Crippen molar-refractivity contribution in [2.75, 3.05) is 46.1 Å². The lowest BCUT2D eigenvalue weighted by Crippen LogP contribution is -2.45. The van der Waals surface area contributed by atoms with Crippen molar-refractivity contribution in [3.8, 4) is 16.9 Å². The molecule has 1 amide bonds. The van der Waals surface area contributed by atoms with Gasteiger partial charge in [-0.1, -0.05) is 12.1 Å². The van der Waals surface area contributed by atoms with E-state index in [1.54, 1.807) is 13.3 Å². The zero-order valence-corrected chi connectivity index (χ0v) is 17.9. The molecule has 1 atom stereocenters. The van der Waals surface area contributed by atoms with Crippen LogP contribution in [0, 0.1) is 5.92 Å². The van der Waals surface area contributed by atoms with Crippen LogP contribution in [-0.4, -0.2) is 66.0 Å². The van der Waals surface area contributed by atoms with Crippen molar-refractivity contribution in [1.29, 1.82) is 0 Å². The highest BCUT2D eigenvalue weighted by atomic mass is 16.5. The fourth-order valence-electron chi connectivity index (χ4n) is 4.63. The molecule has 0 spiro atoms. The molecule has 2 aliphatic rings. The molecule has 3 heterocycles. The minimum absolute atomic E-state index is 0.150. The predicted molar refractivity (Wildman–Crippen MR) is 117 cm³/mol. The minimum Gasteiger partial charge on any atom is -0.497 e. The number of carbonyl (C=O) groups is 1. The van der Waals surface area contributed by atoms with Crippen LogP contribution in [0.3, 0.4) is 0 Å². The van der Waals surface area contributed by atoms with Crippen LogP contribution in [-0.2, 0) is 4.79 Å². The number of piperidine rings is 2. The van der Waals surface area contributed by atoms with Gasteiger partial charge in [-0.3, -0.25) is 4.79 Å². The number of benzene rings is 1. The molecule has 2 aliphatic heterocycles. The highest BCUT2D eigenvalue weighted by Gasteiger charge is 2.32. The SMILES string of the molecule is COc1ccc(-c2cnc(N)nc2C2CCCN(C(=O)C3CCN(C)CC3)C2)cc1. The minimum atomic E-state index is 0.150. The van der Waals surface area contributed by atoms with E-state index in [-0.39, 0.29) is 17.8 Å². The van der Waals surface area contributed by atoms with Crippen molar-refractivity contribution >= 4 is 11.9 Å². The lowest BCUT2D eigenvalue weighted by Gasteiger charge is -2.37. The van der Waals surface area contributed by atoms with E-state index in [9.17, 15) is 4.79 Å². The number of methoxy groups -OCH3 is 1. The topological polar surface area (TPSA) is 84.6 Å². The first-order valence-electron chi connectivity index (χ1n) is 10.8. The van der Waals surface area contributed by atoms with Crippen LogP contribution in [0.25, 0.3) is 11.1 Å². The zero-order chi connectivity index (χ0) is 21.1. The maximum Gasteiger partial charge on any atom is 0.225 e. The summed E-state index contributed by atoms with van der Waals surface area (Å²) in [5.74, 6) is 1.71. The van der Waals surface area contributed by atoms with E-state index < -0.39 is 0 Å². The van der Waals surface area contributed by atoms with E-state index in [0.717, 1.165) is 67.9 Å². The van der Waals surface area contributed by atoms with Crippen LogP contribution in [0.1, 0.15) is 37.3 Å². The highest BCUT2D eigenvalue weighted by Crippen LogP contribution is 2.34. The van der Waals surface area contributed by atoms with E-state index in [0.29, 0.717) is 12.5 Å². The first-order chi connectivity index (χ1) is 14.5. The van der Waals surface area contributed by atoms with Crippen molar-refractivity contribution in [2.45, 2.75) is 31.6 Å². The smallest absolute Gasteiger partial charge is 0.225 e. The fraction of sp³-hybridized carbons (Fsp3) is 0.522. The second-order valence-corrected chi connectivity index (χ2v) is 8.46. The Kier molecular flexibility index (Phi) is 6.18. The van der Waals surface area contributed by atoms with Gasteiger partial charge in [-0.05, 0) is 63.5 Å². The van der Waals surface area contributed by atoms with E-state index in [1.807, 2.05) is 24.3 Å². The predicted octanol–water partition coefficient (Wildman–Crippen LogP) is 2.78. The summed E-state index contributed by atoms with van der Waals surface area (Å²) in [7, 11) is 3.78. The number of aromatic nitrogens is 2. The molecule has 2 fully saturated rings. The number of nitrogens with two attached hydrogens (primary N) is 1. The molecule has 4 rings (SSSR count). The molecule has 7 nitrogen and oxygen atoms in total. The molecule has 0 bridgehead atoms. The van der Waals surface area contributed by atoms with Gasteiger partial charge < -0.3 is 20.3 Å². The Bertz CT molecular complexity index is 878. The van der Waals surface area contributed by atoms with Crippen molar-refractivity contribution in [3.63, 3.8) is 0 Å². The second-order valence-electron chi connectivity index (χ2n) is 8.46. The van der Waals surface area contributed by atoms with Gasteiger partial charge in [0.25, 0.3) is 0 Å². The van der Waals surface area contributed by atoms with Crippen molar-refractivity contribution in [1.82, 2.24) is 19.8 Å². The molecule has 7 heteroatoms. The van der Waals surface area contributed by atoms with Gasteiger partial charge in [0, 0.05) is 36.7 Å². The Balaban J connectivity index is 1.55. The normalized spacial score (nSPS) is 20.9. The molecule has 2 saturated heterocycles. The molecule has 1 unspecified atom stereocenters. The Morgan fingerprint density at radius 2 is 1.87 bits per heavy atom. The molecule has 1 aromatic carbocycles. The third kappa shape index (κ3) is 4.41. The van der Waals surface area contributed by atoms with Gasteiger partial charge in [0.2, 0.25) is 11.9 Å². The molecule has 0 radical (unpaired) electrons. The molecule has 2 aromatic rings. The summed E-state index contributed by atoms with van der Waals surface area (Å²) in [6.07, 6.45) is 5.69. The summed E-state index contributed by atoms with van der Waals surface area (Å²) in [6.45, 7) is 3.53. The molecular formula is C23H31N5O2. The molecule has 2 N–H and O–H groups in total. The van der Waals surface area contributed by atoms with Crippen LogP contribution >= 0.6 is 0 Å². The Hall–Kier alpha value is -2.67. The van der Waals surface area contributed by atoms with Gasteiger partial charge >= 0.3 is 0 Å². The second kappa shape index (κ2) is 9.00. The Morgan fingerprint density at radius 3 is 2.57 bits per heavy atom. The van der Waals surface area contributed by atoms with Crippen LogP contribution in [0.15, 0.2) is 30.5 Å². The van der Waals surface area contributed by atoms with Crippen LogP contribution in [0.2, 0.25) is 0 Å². The lowest BCUT2D eigenvalue weighted by atomic mass is 9.88. The number of hydrogen-bond donors (Lipinski definition) is 1. The molecule has 0 saturated carbocycles. The number of amides is 1. The van der Waals surface area contributed by atoms with Gasteiger partial charge in [0.05, 0.1) is 12.8 Å². The number of anilines is 1. The molecule has 0 aliphatic carbocycles. The number of likely N-dealkylation sites (tertiary alicyclic amines) is 2. The molecular weight excluding hydrogens is 378 g/mol. The Labute approximate surface area is 178 Å². The highest BCUT2D eigenvalue weighted by molar-refractivity contribution is 5.79. The Morgan fingerprint density at radius 1 is 1.13 bits per heavy atom. The van der Waals surface area contributed by atoms with Crippen molar-refractivity contribution in [2.24, 2.45) is 5.92 Å². The summed E-state index contributed by atoms with van der Waals surface area (Å²) in [4.78, 5) is 26.4. The van der Waals surface area contributed by atoms with Gasteiger partial charge in [-0.15, -0.1) is 0 Å². The van der Waals surface area contributed by atoms with Gasteiger partial charge in [-0.2, -0.15) is 0 Å². The van der Waals surface area contributed by atoms with Crippen LogP contribution in [0.5, 0.6) is 5.75 Å². The van der Waals surface area contributed by atoms with Crippen LogP contribution < -0.4 is 10.5 Å². The summed E-state index contributed by atoms with van der Waals surface area (Å²) >= 11 is 0. The first-order valence-corrected chi connectivity index (χ1v) is 10.8. The molecule has 160 valence electrons. The average Bonchev–Trinajstić information content (AvgIpc) is 2.79. The fourth-order valence-corrected chi connectivity index (χ4v) is 4.63. The average molecular weight is 410 g/mol. The van der Waals surface area contributed by atoms with Gasteiger partial charge in [0.1, 0.15) is 5.75 Å². The lowest BCUT2D eigenvalue weighted by molar-refractivity contribution is -0.138. The zero-order valence-electron chi connectivity index (χ0n) is 17.9. The quantitative estimate of drug-likeness (QED) is 0.836.